The molecule has 3 rings (SSSR count). The number of hydrogen-bond acceptors (Lipinski definition) is 2. The van der Waals surface area contributed by atoms with Gasteiger partial charge in [-0.15, -0.1) is 0 Å². The van der Waals surface area contributed by atoms with Gasteiger partial charge >= 0.3 is 0 Å². The standard InChI is InChI=1S/C19H16N2S/c1-14-9-11-16(12-10-14)19(22)21-20-13-17-7-4-6-15-5-2-3-8-18(15)17/h2-13H,1H3,(H,21,22)/b20-13-. The molecule has 0 unspecified atom stereocenters. The van der Waals surface area contributed by atoms with E-state index >= 15 is 0 Å². The van der Waals surface area contributed by atoms with Crippen LogP contribution in [-0.2, 0) is 0 Å². The summed E-state index contributed by atoms with van der Waals surface area (Å²) in [5.41, 5.74) is 6.18. The quantitative estimate of drug-likeness (QED) is 0.439. The van der Waals surface area contributed by atoms with Crippen molar-refractivity contribution in [2.75, 3.05) is 0 Å². The molecule has 0 saturated heterocycles. The number of fused-ring (bicyclic) bond motifs is 1. The van der Waals surface area contributed by atoms with Gasteiger partial charge in [0.1, 0.15) is 4.99 Å². The lowest BCUT2D eigenvalue weighted by Gasteiger charge is -2.04. The largest absolute Gasteiger partial charge is 0.267 e. The summed E-state index contributed by atoms with van der Waals surface area (Å²) in [5.74, 6) is 0. The van der Waals surface area contributed by atoms with Crippen LogP contribution in [0, 0.1) is 6.92 Å². The number of hydrogen-bond donors (Lipinski definition) is 1. The fourth-order valence-electron chi connectivity index (χ4n) is 2.29. The van der Waals surface area contributed by atoms with Crippen LogP contribution in [0.3, 0.4) is 0 Å². The smallest absolute Gasteiger partial charge is 0.126 e. The molecular weight excluding hydrogens is 288 g/mol. The molecule has 0 amide bonds. The van der Waals surface area contributed by atoms with Gasteiger partial charge in [-0.25, -0.2) is 0 Å². The molecule has 0 fully saturated rings. The number of hydrazone groups is 1. The Morgan fingerprint density at radius 1 is 0.955 bits per heavy atom. The molecule has 1 N–H and O–H groups in total. The van der Waals surface area contributed by atoms with E-state index in [1.807, 2.05) is 54.7 Å². The zero-order valence-electron chi connectivity index (χ0n) is 12.3. The van der Waals surface area contributed by atoms with Crippen molar-refractivity contribution in [2.45, 2.75) is 6.92 Å². The number of benzene rings is 3. The van der Waals surface area contributed by atoms with Crippen LogP contribution in [0.5, 0.6) is 0 Å². The Kier molecular flexibility index (Phi) is 4.26. The average molecular weight is 304 g/mol. The zero-order valence-corrected chi connectivity index (χ0v) is 13.1. The Labute approximate surface area is 135 Å². The fraction of sp³-hybridized carbons (Fsp3) is 0.0526. The van der Waals surface area contributed by atoms with Gasteiger partial charge in [0.15, 0.2) is 0 Å². The lowest BCUT2D eigenvalue weighted by molar-refractivity contribution is 1.06. The highest BCUT2D eigenvalue weighted by Gasteiger charge is 1.99. The van der Waals surface area contributed by atoms with Gasteiger partial charge in [-0.05, 0) is 17.7 Å². The first-order valence-corrected chi connectivity index (χ1v) is 7.53. The predicted octanol–water partition coefficient (Wildman–Crippen LogP) is 4.45. The van der Waals surface area contributed by atoms with Crippen molar-refractivity contribution in [1.29, 1.82) is 0 Å². The molecule has 3 heteroatoms. The SMILES string of the molecule is Cc1ccc(C(=S)N/N=C\c2cccc3ccccc23)cc1. The maximum absolute atomic E-state index is 5.35. The summed E-state index contributed by atoms with van der Waals surface area (Å²) in [7, 11) is 0. The molecule has 2 nitrogen and oxygen atoms in total. The van der Waals surface area contributed by atoms with E-state index in [1.165, 1.54) is 16.3 Å². The van der Waals surface area contributed by atoms with Crippen molar-refractivity contribution >= 4 is 34.2 Å². The van der Waals surface area contributed by atoms with Gasteiger partial charge in [0.2, 0.25) is 0 Å². The molecular formula is C19H16N2S. The number of rotatable bonds is 3. The molecule has 0 aromatic heterocycles. The topological polar surface area (TPSA) is 24.4 Å². The van der Waals surface area contributed by atoms with Crippen molar-refractivity contribution in [3.8, 4) is 0 Å². The van der Waals surface area contributed by atoms with Gasteiger partial charge in [-0.3, -0.25) is 5.43 Å². The van der Waals surface area contributed by atoms with Crippen LogP contribution in [0.15, 0.2) is 71.8 Å². The monoisotopic (exact) mass is 304 g/mol. The maximum Gasteiger partial charge on any atom is 0.126 e. The summed E-state index contributed by atoms with van der Waals surface area (Å²) in [6.07, 6.45) is 1.81. The fourth-order valence-corrected chi connectivity index (χ4v) is 2.48. The minimum atomic E-state index is 0.622. The van der Waals surface area contributed by atoms with Gasteiger partial charge in [0.25, 0.3) is 0 Å². The first-order chi connectivity index (χ1) is 10.7. The summed E-state index contributed by atoms with van der Waals surface area (Å²) in [6.45, 7) is 2.05. The number of nitrogens with zero attached hydrogens (tertiary/aromatic N) is 1. The van der Waals surface area contributed by atoms with Crippen LogP contribution in [0.2, 0.25) is 0 Å². The van der Waals surface area contributed by atoms with E-state index < -0.39 is 0 Å². The molecule has 108 valence electrons. The first kappa shape index (κ1) is 14.4. The van der Waals surface area contributed by atoms with E-state index in [4.69, 9.17) is 12.2 Å². The van der Waals surface area contributed by atoms with Crippen LogP contribution in [0.25, 0.3) is 10.8 Å². The van der Waals surface area contributed by atoms with Crippen molar-refractivity contribution < 1.29 is 0 Å². The highest BCUT2D eigenvalue weighted by molar-refractivity contribution is 7.80. The summed E-state index contributed by atoms with van der Waals surface area (Å²) >= 11 is 5.35. The van der Waals surface area contributed by atoms with Crippen LogP contribution in [0.1, 0.15) is 16.7 Å². The third-order valence-electron chi connectivity index (χ3n) is 3.51. The maximum atomic E-state index is 5.35. The number of aryl methyl sites for hydroxylation is 1. The van der Waals surface area contributed by atoms with E-state index in [0.717, 1.165) is 11.1 Å². The van der Waals surface area contributed by atoms with Crippen molar-refractivity contribution in [2.24, 2.45) is 5.10 Å². The van der Waals surface area contributed by atoms with Crippen LogP contribution in [0.4, 0.5) is 0 Å². The summed E-state index contributed by atoms with van der Waals surface area (Å²) in [6, 6.07) is 22.5. The Morgan fingerprint density at radius 2 is 1.68 bits per heavy atom. The molecule has 3 aromatic carbocycles. The van der Waals surface area contributed by atoms with E-state index in [2.05, 4.69) is 35.7 Å². The Bertz CT molecular complexity index is 830. The van der Waals surface area contributed by atoms with E-state index in [9.17, 15) is 0 Å². The second-order valence-corrected chi connectivity index (χ2v) is 5.54. The first-order valence-electron chi connectivity index (χ1n) is 7.12. The normalized spacial score (nSPS) is 11.0. The van der Waals surface area contributed by atoms with Crippen LogP contribution in [-0.4, -0.2) is 11.2 Å². The summed E-state index contributed by atoms with van der Waals surface area (Å²) in [5, 5.41) is 6.65. The van der Waals surface area contributed by atoms with Gasteiger partial charge in [-0.2, -0.15) is 5.10 Å². The van der Waals surface area contributed by atoms with Crippen molar-refractivity contribution in [3.05, 3.63) is 83.4 Å². The Morgan fingerprint density at radius 3 is 2.50 bits per heavy atom. The molecule has 22 heavy (non-hydrogen) atoms. The number of nitrogens with one attached hydrogen (secondary N) is 1. The second-order valence-electron chi connectivity index (χ2n) is 5.13. The second kappa shape index (κ2) is 6.50. The van der Waals surface area contributed by atoms with Gasteiger partial charge < -0.3 is 0 Å². The third-order valence-corrected chi connectivity index (χ3v) is 3.83. The van der Waals surface area contributed by atoms with Gasteiger partial charge in [0, 0.05) is 11.1 Å². The highest BCUT2D eigenvalue weighted by atomic mass is 32.1. The molecule has 0 aliphatic heterocycles. The molecule has 0 saturated carbocycles. The van der Waals surface area contributed by atoms with Gasteiger partial charge in [-0.1, -0.05) is 84.5 Å². The Hall–Kier alpha value is -2.52. The lowest BCUT2D eigenvalue weighted by Crippen LogP contribution is -2.16. The molecule has 0 heterocycles. The number of thiocarbonyl (C=S) groups is 1. The van der Waals surface area contributed by atoms with Crippen LogP contribution >= 0.6 is 12.2 Å². The molecule has 0 aliphatic carbocycles. The van der Waals surface area contributed by atoms with Gasteiger partial charge in [0.05, 0.1) is 6.21 Å². The molecule has 0 spiro atoms. The summed E-state index contributed by atoms with van der Waals surface area (Å²) in [4.78, 5) is 0.622. The van der Waals surface area contributed by atoms with E-state index in [1.54, 1.807) is 0 Å². The van der Waals surface area contributed by atoms with E-state index in [0.29, 0.717) is 4.99 Å². The third kappa shape index (κ3) is 3.21. The van der Waals surface area contributed by atoms with Crippen molar-refractivity contribution in [3.63, 3.8) is 0 Å². The molecule has 0 atom stereocenters. The lowest BCUT2D eigenvalue weighted by atomic mass is 10.1. The van der Waals surface area contributed by atoms with Crippen LogP contribution < -0.4 is 5.43 Å². The van der Waals surface area contributed by atoms with E-state index in [-0.39, 0.29) is 0 Å². The minimum absolute atomic E-state index is 0.622. The Balaban J connectivity index is 1.76. The zero-order chi connectivity index (χ0) is 15.4. The molecule has 0 bridgehead atoms. The predicted molar refractivity (Wildman–Crippen MR) is 97.6 cm³/mol. The highest BCUT2D eigenvalue weighted by Crippen LogP contribution is 2.16. The minimum Gasteiger partial charge on any atom is -0.267 e. The average Bonchev–Trinajstić information content (AvgIpc) is 2.55. The molecule has 0 radical (unpaired) electrons. The molecule has 0 aliphatic rings. The molecule has 3 aromatic rings. The summed E-state index contributed by atoms with van der Waals surface area (Å²) < 4.78 is 0. The van der Waals surface area contributed by atoms with Crippen molar-refractivity contribution in [1.82, 2.24) is 5.43 Å².